The van der Waals surface area contributed by atoms with Crippen LogP contribution in [0.4, 0.5) is 0 Å². The summed E-state index contributed by atoms with van der Waals surface area (Å²) in [4.78, 5) is 4.74. The van der Waals surface area contributed by atoms with E-state index >= 15 is 0 Å². The van der Waals surface area contributed by atoms with E-state index in [-0.39, 0.29) is 5.41 Å². The smallest absolute Gasteiger partial charge is 0.0708 e. The van der Waals surface area contributed by atoms with Crippen molar-refractivity contribution in [2.75, 3.05) is 0 Å². The van der Waals surface area contributed by atoms with Gasteiger partial charge in [0.25, 0.3) is 0 Å². The van der Waals surface area contributed by atoms with Gasteiger partial charge in [-0.05, 0) is 85.6 Å². The molecule has 0 aliphatic rings. The molecule has 5 aromatic rings. The fourth-order valence-corrected chi connectivity index (χ4v) is 4.88. The fourth-order valence-electron chi connectivity index (χ4n) is 4.88. The molecule has 0 amide bonds. The fraction of sp³-hybridized carbons (Fsp3) is 0.250. The van der Waals surface area contributed by atoms with Gasteiger partial charge in [-0.1, -0.05) is 114 Å². The largest absolute Gasteiger partial charge is 0.256 e. The van der Waals surface area contributed by atoms with Crippen LogP contribution in [0.25, 0.3) is 44.3 Å². The number of aromatic nitrogens is 1. The maximum absolute atomic E-state index is 8.54. The second-order valence-electron chi connectivity index (χ2n) is 12.0. The normalized spacial score (nSPS) is 13.4. The number of hydrogen-bond acceptors (Lipinski definition) is 1. The third-order valence-corrected chi connectivity index (χ3v) is 6.68. The van der Waals surface area contributed by atoms with Crippen LogP contribution >= 0.6 is 0 Å². The van der Waals surface area contributed by atoms with Crippen LogP contribution < -0.4 is 0 Å². The highest BCUT2D eigenvalue weighted by Crippen LogP contribution is 2.35. The van der Waals surface area contributed by atoms with Gasteiger partial charge in [0.05, 0.1) is 5.69 Å². The molecule has 0 fully saturated rings. The Labute approximate surface area is 225 Å². The highest BCUT2D eigenvalue weighted by Gasteiger charge is 2.18. The Bertz CT molecular complexity index is 1620. The summed E-state index contributed by atoms with van der Waals surface area (Å²) in [6, 6.07) is 33.8. The first-order valence-electron chi connectivity index (χ1n) is 14.1. The topological polar surface area (TPSA) is 12.9 Å². The van der Waals surface area contributed by atoms with Crippen LogP contribution in [0.3, 0.4) is 0 Å². The van der Waals surface area contributed by atoms with Gasteiger partial charge in [-0.2, -0.15) is 0 Å². The van der Waals surface area contributed by atoms with Gasteiger partial charge in [0, 0.05) is 14.5 Å². The molecule has 0 bridgehead atoms. The van der Waals surface area contributed by atoms with E-state index in [0.717, 1.165) is 33.5 Å². The third-order valence-electron chi connectivity index (χ3n) is 6.68. The number of hydrogen-bond donors (Lipinski definition) is 0. The van der Waals surface area contributed by atoms with Crippen LogP contribution in [0.1, 0.15) is 55.4 Å². The zero-order valence-electron chi connectivity index (χ0n) is 24.8. The van der Waals surface area contributed by atoms with Gasteiger partial charge in [-0.25, -0.2) is 0 Å². The molecule has 5 rings (SSSR count). The SMILES string of the molecule is [2H]C([2H])(c1ccc(-c2ccc(-c3ccnc(-c4cc(C(C)(C)C)c5ccccc5c4)c3)cc2)cc1)C(C)(C)C. The first-order chi connectivity index (χ1) is 18.3. The van der Waals surface area contributed by atoms with Gasteiger partial charge in [-0.3, -0.25) is 4.98 Å². The number of pyridine rings is 1. The Morgan fingerprint density at radius 1 is 0.622 bits per heavy atom. The lowest BCUT2D eigenvalue weighted by molar-refractivity contribution is 0.411. The molecule has 0 atom stereocenters. The summed E-state index contributed by atoms with van der Waals surface area (Å²) < 4.78 is 17.1. The summed E-state index contributed by atoms with van der Waals surface area (Å²) in [6.45, 7) is 12.6. The number of rotatable bonds is 4. The molecule has 0 radical (unpaired) electrons. The molecule has 4 aromatic carbocycles. The van der Waals surface area contributed by atoms with E-state index in [9.17, 15) is 0 Å². The summed E-state index contributed by atoms with van der Waals surface area (Å²) >= 11 is 0. The van der Waals surface area contributed by atoms with Gasteiger partial charge in [0.2, 0.25) is 0 Å². The van der Waals surface area contributed by atoms with Crippen molar-refractivity contribution >= 4 is 10.8 Å². The van der Waals surface area contributed by atoms with Crippen LogP contribution in [0, 0.1) is 5.41 Å². The first-order valence-corrected chi connectivity index (χ1v) is 13.1. The van der Waals surface area contributed by atoms with Gasteiger partial charge >= 0.3 is 0 Å². The highest BCUT2D eigenvalue weighted by molar-refractivity contribution is 5.91. The Hall–Kier alpha value is -3.71. The van der Waals surface area contributed by atoms with Crippen molar-refractivity contribution in [3.63, 3.8) is 0 Å². The van der Waals surface area contributed by atoms with Crippen molar-refractivity contribution in [2.24, 2.45) is 5.41 Å². The highest BCUT2D eigenvalue weighted by atomic mass is 14.7. The van der Waals surface area contributed by atoms with Crippen LogP contribution in [0.2, 0.25) is 0 Å². The number of nitrogens with zero attached hydrogens (tertiary/aromatic N) is 1. The molecular weight excluding hydrogens is 446 g/mol. The third kappa shape index (κ3) is 5.67. The molecule has 0 aliphatic heterocycles. The van der Waals surface area contributed by atoms with Crippen LogP contribution in [0.15, 0.2) is 103 Å². The Kier molecular flexibility index (Phi) is 5.85. The van der Waals surface area contributed by atoms with Gasteiger partial charge in [0.15, 0.2) is 0 Å². The van der Waals surface area contributed by atoms with E-state index in [0.29, 0.717) is 5.56 Å². The quantitative estimate of drug-likeness (QED) is 0.247. The van der Waals surface area contributed by atoms with E-state index in [1.807, 2.05) is 51.2 Å². The summed E-state index contributed by atoms with van der Waals surface area (Å²) in [5.74, 6) is 0. The summed E-state index contributed by atoms with van der Waals surface area (Å²) in [7, 11) is 0. The van der Waals surface area contributed by atoms with E-state index < -0.39 is 11.8 Å². The molecule has 0 unspecified atom stereocenters. The predicted octanol–water partition coefficient (Wildman–Crippen LogP) is 10.1. The maximum Gasteiger partial charge on any atom is 0.0708 e. The molecule has 0 aliphatic carbocycles. The van der Waals surface area contributed by atoms with Crippen molar-refractivity contribution in [3.8, 4) is 33.5 Å². The Balaban J connectivity index is 1.45. The van der Waals surface area contributed by atoms with E-state index in [4.69, 9.17) is 7.73 Å². The average molecular weight is 486 g/mol. The van der Waals surface area contributed by atoms with E-state index in [1.54, 1.807) is 0 Å². The van der Waals surface area contributed by atoms with Crippen LogP contribution in [0.5, 0.6) is 0 Å². The number of benzene rings is 4. The van der Waals surface area contributed by atoms with Crippen molar-refractivity contribution < 1.29 is 2.74 Å². The van der Waals surface area contributed by atoms with E-state index in [2.05, 4.69) is 93.6 Å². The van der Waals surface area contributed by atoms with Crippen LogP contribution in [-0.4, -0.2) is 4.98 Å². The lowest BCUT2D eigenvalue weighted by Gasteiger charge is -2.22. The second-order valence-corrected chi connectivity index (χ2v) is 12.0. The molecule has 0 spiro atoms. The zero-order chi connectivity index (χ0) is 28.0. The molecular formula is C36H37N. The van der Waals surface area contributed by atoms with Gasteiger partial charge in [0.1, 0.15) is 0 Å². The minimum absolute atomic E-state index is 0.0246. The van der Waals surface area contributed by atoms with Crippen molar-refractivity contribution in [2.45, 2.75) is 53.3 Å². The van der Waals surface area contributed by atoms with Crippen molar-refractivity contribution in [1.29, 1.82) is 0 Å². The standard InChI is InChI=1S/C36H37N/c1-35(2,3)24-25-11-13-26(14-12-25)27-15-17-28(18-16-27)29-19-20-37-34(23-29)31-21-30-9-7-8-10-32(30)33(22-31)36(4,5)6/h7-23H,24H2,1-6H3/i24D2. The Morgan fingerprint density at radius 3 is 1.84 bits per heavy atom. The Morgan fingerprint density at radius 2 is 1.22 bits per heavy atom. The van der Waals surface area contributed by atoms with Crippen LogP contribution in [-0.2, 0) is 11.8 Å². The molecule has 0 N–H and O–H groups in total. The van der Waals surface area contributed by atoms with E-state index in [1.165, 1.54) is 16.3 Å². The molecule has 37 heavy (non-hydrogen) atoms. The minimum Gasteiger partial charge on any atom is -0.256 e. The summed E-state index contributed by atoms with van der Waals surface area (Å²) in [6.07, 6.45) is 0.500. The molecule has 1 heteroatoms. The van der Waals surface area contributed by atoms with Crippen molar-refractivity contribution in [1.82, 2.24) is 4.98 Å². The first kappa shape index (κ1) is 22.5. The lowest BCUT2D eigenvalue weighted by Crippen LogP contribution is -2.12. The molecule has 0 saturated carbocycles. The zero-order valence-corrected chi connectivity index (χ0v) is 22.8. The molecule has 186 valence electrons. The minimum atomic E-state index is -1.40. The van der Waals surface area contributed by atoms with Gasteiger partial charge in [-0.15, -0.1) is 0 Å². The molecule has 0 saturated heterocycles. The summed E-state index contributed by atoms with van der Waals surface area (Å²) in [5, 5.41) is 2.53. The predicted molar refractivity (Wildman–Crippen MR) is 160 cm³/mol. The van der Waals surface area contributed by atoms with Gasteiger partial charge < -0.3 is 0 Å². The molecule has 1 aromatic heterocycles. The second kappa shape index (κ2) is 9.63. The molecule has 1 nitrogen and oxygen atoms in total. The monoisotopic (exact) mass is 485 g/mol. The average Bonchev–Trinajstić information content (AvgIpc) is 2.91. The lowest BCUT2D eigenvalue weighted by atomic mass is 9.82. The maximum atomic E-state index is 8.54. The number of fused-ring (bicyclic) bond motifs is 1. The summed E-state index contributed by atoms with van der Waals surface area (Å²) in [5.41, 5.74) is 8.15. The molecule has 1 heterocycles. The van der Waals surface area contributed by atoms with Crippen molar-refractivity contribution in [3.05, 3.63) is 114 Å².